The zero-order valence-electron chi connectivity index (χ0n) is 10.1. The van der Waals surface area contributed by atoms with Gasteiger partial charge in [0, 0.05) is 11.9 Å². The van der Waals surface area contributed by atoms with Crippen LogP contribution in [0.4, 0.5) is 5.82 Å². The smallest absolute Gasteiger partial charge is 0.161 e. The van der Waals surface area contributed by atoms with Crippen LogP contribution in [0.25, 0.3) is 0 Å². The van der Waals surface area contributed by atoms with Crippen LogP contribution in [0.1, 0.15) is 16.1 Å². The first kappa shape index (κ1) is 12.8. The summed E-state index contributed by atoms with van der Waals surface area (Å²) in [5, 5.41) is 7.98. The highest BCUT2D eigenvalue weighted by Crippen LogP contribution is 2.20. The summed E-state index contributed by atoms with van der Waals surface area (Å²) in [4.78, 5) is 7.72. The van der Waals surface area contributed by atoms with Gasteiger partial charge in [0.2, 0.25) is 0 Å². The van der Waals surface area contributed by atoms with Gasteiger partial charge < -0.3 is 10.6 Å². The number of nitrogens with two attached hydrogens (primary N) is 1. The largest absolute Gasteiger partial charge is 0.389 e. The molecule has 0 fully saturated rings. The SMILES string of the molecule is Cc1ncsc1CN(C)c1nnccc1C(N)=S. The predicted octanol–water partition coefficient (Wildman–Crippen LogP) is 1.51. The van der Waals surface area contributed by atoms with Gasteiger partial charge in [0.05, 0.1) is 29.5 Å². The summed E-state index contributed by atoms with van der Waals surface area (Å²) in [6.07, 6.45) is 1.59. The van der Waals surface area contributed by atoms with Crippen molar-refractivity contribution in [3.05, 3.63) is 33.9 Å². The lowest BCUT2D eigenvalue weighted by molar-refractivity contribution is 0.867. The normalized spacial score (nSPS) is 10.3. The van der Waals surface area contributed by atoms with Gasteiger partial charge in [0.1, 0.15) is 4.99 Å². The van der Waals surface area contributed by atoms with E-state index >= 15 is 0 Å². The molecular weight excluding hydrogens is 266 g/mol. The zero-order valence-corrected chi connectivity index (χ0v) is 11.8. The van der Waals surface area contributed by atoms with Crippen molar-refractivity contribution in [1.29, 1.82) is 0 Å². The molecule has 7 heteroatoms. The number of thiocarbonyl (C=S) groups is 1. The molecule has 0 aromatic carbocycles. The highest BCUT2D eigenvalue weighted by atomic mass is 32.1. The number of nitrogens with zero attached hydrogens (tertiary/aromatic N) is 4. The van der Waals surface area contributed by atoms with Crippen molar-refractivity contribution in [3.63, 3.8) is 0 Å². The molecule has 0 unspecified atom stereocenters. The van der Waals surface area contributed by atoms with E-state index in [2.05, 4.69) is 15.2 Å². The second-order valence-electron chi connectivity index (χ2n) is 3.85. The molecule has 5 nitrogen and oxygen atoms in total. The van der Waals surface area contributed by atoms with Gasteiger partial charge in [-0.1, -0.05) is 12.2 Å². The quantitative estimate of drug-likeness (QED) is 0.856. The van der Waals surface area contributed by atoms with E-state index in [9.17, 15) is 0 Å². The molecule has 2 aromatic rings. The van der Waals surface area contributed by atoms with Gasteiger partial charge in [-0.05, 0) is 13.0 Å². The molecule has 18 heavy (non-hydrogen) atoms. The van der Waals surface area contributed by atoms with E-state index in [-0.39, 0.29) is 0 Å². The fraction of sp³-hybridized carbons (Fsp3) is 0.273. The van der Waals surface area contributed by atoms with Gasteiger partial charge in [0.15, 0.2) is 5.82 Å². The zero-order chi connectivity index (χ0) is 13.1. The van der Waals surface area contributed by atoms with Crippen molar-refractivity contribution in [2.24, 2.45) is 5.73 Å². The number of rotatable bonds is 4. The molecule has 0 radical (unpaired) electrons. The Morgan fingerprint density at radius 1 is 1.56 bits per heavy atom. The van der Waals surface area contributed by atoms with Crippen LogP contribution in [-0.2, 0) is 6.54 Å². The van der Waals surface area contributed by atoms with Crippen LogP contribution >= 0.6 is 23.6 Å². The topological polar surface area (TPSA) is 67.9 Å². The van der Waals surface area contributed by atoms with Crippen molar-refractivity contribution < 1.29 is 0 Å². The molecule has 0 saturated carbocycles. The second kappa shape index (κ2) is 5.36. The lowest BCUT2D eigenvalue weighted by atomic mass is 10.2. The van der Waals surface area contributed by atoms with Crippen LogP contribution in [0.5, 0.6) is 0 Å². The maximum absolute atomic E-state index is 5.68. The van der Waals surface area contributed by atoms with E-state index in [0.717, 1.165) is 11.3 Å². The Balaban J connectivity index is 2.26. The number of hydrogen-bond donors (Lipinski definition) is 1. The predicted molar refractivity (Wildman–Crippen MR) is 76.9 cm³/mol. The average molecular weight is 279 g/mol. The summed E-state index contributed by atoms with van der Waals surface area (Å²) >= 11 is 6.64. The van der Waals surface area contributed by atoms with E-state index in [4.69, 9.17) is 18.0 Å². The third-order valence-corrected chi connectivity index (χ3v) is 3.69. The lowest BCUT2D eigenvalue weighted by Crippen LogP contribution is -2.23. The molecule has 2 aromatic heterocycles. The Morgan fingerprint density at radius 2 is 2.33 bits per heavy atom. The minimum atomic E-state index is 0.327. The summed E-state index contributed by atoms with van der Waals surface area (Å²) in [6.45, 7) is 2.70. The van der Waals surface area contributed by atoms with Crippen LogP contribution in [-0.4, -0.2) is 27.2 Å². The van der Waals surface area contributed by atoms with Crippen LogP contribution in [0.3, 0.4) is 0 Å². The van der Waals surface area contributed by atoms with Gasteiger partial charge in [-0.2, -0.15) is 5.10 Å². The Bertz CT molecular complexity index is 566. The first-order chi connectivity index (χ1) is 8.59. The van der Waals surface area contributed by atoms with E-state index in [0.29, 0.717) is 17.4 Å². The fourth-order valence-corrected chi connectivity index (χ4v) is 2.56. The maximum Gasteiger partial charge on any atom is 0.161 e. The number of anilines is 1. The Hall–Kier alpha value is -1.60. The number of aromatic nitrogens is 3. The Labute approximate surface area is 115 Å². The van der Waals surface area contributed by atoms with Gasteiger partial charge in [0.25, 0.3) is 0 Å². The standard InChI is InChI=1S/C11H13N5S2/c1-7-9(18-6-13-7)5-16(2)11-8(10(12)17)3-4-14-15-11/h3-4,6H,5H2,1-2H3,(H2,12,17). The molecular formula is C11H13N5S2. The van der Waals surface area contributed by atoms with Crippen molar-refractivity contribution in [2.45, 2.75) is 13.5 Å². The third-order valence-electron chi connectivity index (χ3n) is 2.55. The highest BCUT2D eigenvalue weighted by Gasteiger charge is 2.13. The maximum atomic E-state index is 5.68. The summed E-state index contributed by atoms with van der Waals surface area (Å²) in [5.74, 6) is 0.692. The van der Waals surface area contributed by atoms with Crippen molar-refractivity contribution >= 4 is 34.4 Å². The summed E-state index contributed by atoms with van der Waals surface area (Å²) in [7, 11) is 1.94. The molecule has 2 rings (SSSR count). The van der Waals surface area contributed by atoms with E-state index in [1.807, 2.05) is 24.4 Å². The van der Waals surface area contributed by atoms with Gasteiger partial charge in [-0.3, -0.25) is 0 Å². The minimum absolute atomic E-state index is 0.327. The van der Waals surface area contributed by atoms with Crippen LogP contribution in [0.15, 0.2) is 17.8 Å². The van der Waals surface area contributed by atoms with Gasteiger partial charge in [-0.15, -0.1) is 16.4 Å². The number of aryl methyl sites for hydroxylation is 1. The third kappa shape index (κ3) is 2.62. The van der Waals surface area contributed by atoms with Crippen LogP contribution in [0.2, 0.25) is 0 Å². The lowest BCUT2D eigenvalue weighted by Gasteiger charge is -2.19. The van der Waals surface area contributed by atoms with E-state index < -0.39 is 0 Å². The number of hydrogen-bond acceptors (Lipinski definition) is 6. The molecule has 2 N–H and O–H groups in total. The molecule has 0 saturated heterocycles. The average Bonchev–Trinajstić information content (AvgIpc) is 2.75. The Morgan fingerprint density at radius 3 is 2.94 bits per heavy atom. The first-order valence-electron chi connectivity index (χ1n) is 5.31. The highest BCUT2D eigenvalue weighted by molar-refractivity contribution is 7.80. The van der Waals surface area contributed by atoms with Crippen LogP contribution < -0.4 is 10.6 Å². The molecule has 94 valence electrons. The van der Waals surface area contributed by atoms with Gasteiger partial charge >= 0.3 is 0 Å². The fourth-order valence-electron chi connectivity index (χ4n) is 1.57. The molecule has 0 atom stereocenters. The molecule has 0 aliphatic carbocycles. The minimum Gasteiger partial charge on any atom is -0.389 e. The van der Waals surface area contributed by atoms with Crippen molar-refractivity contribution in [2.75, 3.05) is 11.9 Å². The van der Waals surface area contributed by atoms with Crippen molar-refractivity contribution in [1.82, 2.24) is 15.2 Å². The monoisotopic (exact) mass is 279 g/mol. The molecule has 0 amide bonds. The first-order valence-corrected chi connectivity index (χ1v) is 6.60. The Kier molecular flexibility index (Phi) is 3.83. The summed E-state index contributed by atoms with van der Waals surface area (Å²) in [6, 6.07) is 1.78. The van der Waals surface area contributed by atoms with E-state index in [1.165, 1.54) is 4.88 Å². The molecule has 0 aliphatic heterocycles. The second-order valence-corrected chi connectivity index (χ2v) is 5.23. The summed E-state index contributed by atoms with van der Waals surface area (Å²) < 4.78 is 0. The van der Waals surface area contributed by atoms with Gasteiger partial charge in [-0.25, -0.2) is 4.98 Å². The molecule has 0 bridgehead atoms. The number of thiazole rings is 1. The van der Waals surface area contributed by atoms with Crippen molar-refractivity contribution in [3.8, 4) is 0 Å². The summed E-state index contributed by atoms with van der Waals surface area (Å²) in [5.41, 5.74) is 9.30. The molecule has 0 aliphatic rings. The molecule has 2 heterocycles. The van der Waals surface area contributed by atoms with E-state index in [1.54, 1.807) is 23.6 Å². The molecule has 0 spiro atoms. The van der Waals surface area contributed by atoms with Crippen LogP contribution in [0, 0.1) is 6.92 Å².